The van der Waals surface area contributed by atoms with Crippen molar-refractivity contribution >= 4 is 11.8 Å². The zero-order valence-electron chi connectivity index (χ0n) is 9.66. The molecule has 16 heavy (non-hydrogen) atoms. The molecule has 1 aliphatic rings. The quantitative estimate of drug-likeness (QED) is 0.377. The Morgan fingerprint density at radius 2 is 2.25 bits per heavy atom. The van der Waals surface area contributed by atoms with Gasteiger partial charge in [-0.3, -0.25) is 9.59 Å². The lowest BCUT2D eigenvalue weighted by Crippen LogP contribution is -2.11. The van der Waals surface area contributed by atoms with Crippen LogP contribution in [0.2, 0.25) is 0 Å². The summed E-state index contributed by atoms with van der Waals surface area (Å²) in [7, 11) is 0. The second-order valence-electron chi connectivity index (χ2n) is 4.29. The van der Waals surface area contributed by atoms with E-state index in [1.54, 1.807) is 6.92 Å². The third kappa shape index (κ3) is 4.01. The van der Waals surface area contributed by atoms with Gasteiger partial charge in [0.2, 0.25) is 0 Å². The maximum absolute atomic E-state index is 11.0. The monoisotopic (exact) mass is 224 g/mol. The minimum Gasteiger partial charge on any atom is -0.465 e. The van der Waals surface area contributed by atoms with Crippen LogP contribution in [0.1, 0.15) is 45.4 Å². The van der Waals surface area contributed by atoms with Gasteiger partial charge in [0.25, 0.3) is 0 Å². The van der Waals surface area contributed by atoms with E-state index in [0.29, 0.717) is 13.0 Å². The molecule has 0 amide bonds. The Hall–Kier alpha value is -1.37. The predicted molar refractivity (Wildman–Crippen MR) is 59.3 cm³/mol. The van der Waals surface area contributed by atoms with Crippen LogP contribution >= 0.6 is 0 Å². The van der Waals surface area contributed by atoms with Crippen molar-refractivity contribution in [2.75, 3.05) is 6.61 Å². The molecule has 88 valence electrons. The second kappa shape index (κ2) is 5.64. The number of rotatable bonds is 7. The van der Waals surface area contributed by atoms with Gasteiger partial charge in [-0.05, 0) is 32.6 Å². The van der Waals surface area contributed by atoms with Crippen LogP contribution in [0, 0.1) is 16.7 Å². The number of hydrogen-bond acceptors (Lipinski definition) is 3. The zero-order chi connectivity index (χ0) is 12.0. The first-order chi connectivity index (χ1) is 7.62. The van der Waals surface area contributed by atoms with E-state index in [-0.39, 0.29) is 23.6 Å². The highest BCUT2D eigenvalue weighted by Crippen LogP contribution is 2.49. The number of carbonyl (C=O) groups excluding carboxylic acids is 2. The van der Waals surface area contributed by atoms with Crippen molar-refractivity contribution in [2.24, 2.45) is 5.41 Å². The van der Waals surface area contributed by atoms with Crippen LogP contribution in [-0.4, -0.2) is 23.2 Å². The fourth-order valence-corrected chi connectivity index (χ4v) is 1.67. The summed E-state index contributed by atoms with van der Waals surface area (Å²) in [6.45, 7) is 2.07. The first-order valence-electron chi connectivity index (χ1n) is 5.72. The molecular formula is C12H18NO3+. The van der Waals surface area contributed by atoms with Crippen LogP contribution < -0.4 is 0 Å². The molecule has 0 spiro atoms. The number of esters is 1. The molecule has 0 unspecified atom stereocenters. The highest BCUT2D eigenvalue weighted by atomic mass is 16.5. The van der Waals surface area contributed by atoms with E-state index in [0.717, 1.165) is 25.7 Å². The molecule has 0 aromatic rings. The highest BCUT2D eigenvalue weighted by molar-refractivity contribution is 5.96. The molecule has 4 nitrogen and oxygen atoms in total. The van der Waals surface area contributed by atoms with Crippen LogP contribution in [-0.2, 0) is 9.53 Å². The van der Waals surface area contributed by atoms with Gasteiger partial charge in [-0.25, -0.2) is 0 Å². The first-order valence-corrected chi connectivity index (χ1v) is 5.72. The molecule has 0 atom stereocenters. The lowest BCUT2D eigenvalue weighted by atomic mass is 9.99. The van der Waals surface area contributed by atoms with Gasteiger partial charge in [0.1, 0.15) is 0 Å². The summed E-state index contributed by atoms with van der Waals surface area (Å²) in [6, 6.07) is 2.30. The SMILES string of the molecule is CCOC(=O)CC(=[OH+])CCCC1(C#N)CC1. The van der Waals surface area contributed by atoms with Crippen LogP contribution in [0.25, 0.3) is 0 Å². The van der Waals surface area contributed by atoms with Crippen molar-refractivity contribution in [3.05, 3.63) is 0 Å². The van der Waals surface area contributed by atoms with Gasteiger partial charge in [0, 0.05) is 0 Å². The average Bonchev–Trinajstić information content (AvgIpc) is 2.99. The van der Waals surface area contributed by atoms with Crippen LogP contribution in [0.4, 0.5) is 0 Å². The van der Waals surface area contributed by atoms with Gasteiger partial charge >= 0.3 is 11.8 Å². The molecule has 0 saturated heterocycles. The summed E-state index contributed by atoms with van der Waals surface area (Å²) in [4.78, 5) is 20.5. The fraction of sp³-hybridized carbons (Fsp3) is 0.750. The van der Waals surface area contributed by atoms with Gasteiger partial charge in [-0.1, -0.05) is 0 Å². The van der Waals surface area contributed by atoms with E-state index in [1.807, 2.05) is 0 Å². The largest absolute Gasteiger partial charge is 0.465 e. The highest BCUT2D eigenvalue weighted by Gasteiger charge is 2.42. The van der Waals surface area contributed by atoms with Gasteiger partial charge in [0.05, 0.1) is 24.5 Å². The maximum atomic E-state index is 11.0. The Labute approximate surface area is 95.6 Å². The Morgan fingerprint density at radius 3 is 2.75 bits per heavy atom. The molecule has 0 aliphatic heterocycles. The average molecular weight is 224 g/mol. The number of ketones is 1. The van der Waals surface area contributed by atoms with Crippen LogP contribution in [0.5, 0.6) is 0 Å². The van der Waals surface area contributed by atoms with Crippen molar-refractivity contribution in [3.8, 4) is 6.07 Å². The van der Waals surface area contributed by atoms with Crippen molar-refractivity contribution in [1.29, 1.82) is 5.26 Å². The summed E-state index contributed by atoms with van der Waals surface area (Å²) in [5.74, 6) is -0.228. The number of carbonyl (C=O) groups is 1. The number of hydrogen-bond donors (Lipinski definition) is 0. The molecule has 1 aliphatic carbocycles. The lowest BCUT2D eigenvalue weighted by Gasteiger charge is -2.02. The molecule has 1 N–H and O–H groups in total. The topological polar surface area (TPSA) is 71.5 Å². The van der Waals surface area contributed by atoms with Crippen molar-refractivity contribution < 1.29 is 14.3 Å². The van der Waals surface area contributed by atoms with Crippen molar-refractivity contribution in [3.63, 3.8) is 0 Å². The van der Waals surface area contributed by atoms with Gasteiger partial charge in [-0.2, -0.15) is 5.26 Å². The van der Waals surface area contributed by atoms with Gasteiger partial charge < -0.3 is 4.74 Å². The Balaban J connectivity index is 2.11. The summed E-state index contributed by atoms with van der Waals surface area (Å²) < 4.78 is 4.72. The minimum atomic E-state index is -0.388. The number of ether oxygens (including phenoxy) is 1. The normalized spacial score (nSPS) is 16.2. The van der Waals surface area contributed by atoms with Gasteiger partial charge in [-0.15, -0.1) is 0 Å². The van der Waals surface area contributed by atoms with E-state index in [4.69, 9.17) is 10.00 Å². The molecule has 0 aromatic heterocycles. The fourth-order valence-electron chi connectivity index (χ4n) is 1.67. The van der Waals surface area contributed by atoms with Gasteiger partial charge in [0.15, 0.2) is 6.42 Å². The Bertz CT molecular complexity index is 313. The molecule has 1 saturated carbocycles. The lowest BCUT2D eigenvalue weighted by molar-refractivity contribution is -0.141. The Kier molecular flexibility index (Phi) is 4.48. The summed E-state index contributed by atoms with van der Waals surface area (Å²) in [6.07, 6.45) is 4.00. The standard InChI is InChI=1S/C12H17NO3/c1-2-16-11(15)8-10(14)4-3-5-12(9-13)6-7-12/h2-8H2,1H3/p+1. The number of nitrogens with zero attached hydrogens (tertiary/aromatic N) is 1. The van der Waals surface area contributed by atoms with E-state index in [9.17, 15) is 9.59 Å². The maximum Gasteiger partial charge on any atom is 0.319 e. The molecule has 0 heterocycles. The minimum absolute atomic E-state index is 0.0204. The first kappa shape index (κ1) is 12.7. The van der Waals surface area contributed by atoms with E-state index >= 15 is 0 Å². The third-order valence-corrected chi connectivity index (χ3v) is 2.87. The zero-order valence-corrected chi connectivity index (χ0v) is 9.66. The summed E-state index contributed by atoms with van der Waals surface area (Å²) in [5.41, 5.74) is -0.121. The Morgan fingerprint density at radius 1 is 1.56 bits per heavy atom. The molecule has 4 heteroatoms. The molecule has 1 fully saturated rings. The van der Waals surface area contributed by atoms with Crippen molar-refractivity contribution in [2.45, 2.75) is 45.4 Å². The summed E-state index contributed by atoms with van der Waals surface area (Å²) in [5, 5.41) is 8.84. The van der Waals surface area contributed by atoms with Crippen molar-refractivity contribution in [1.82, 2.24) is 0 Å². The second-order valence-corrected chi connectivity index (χ2v) is 4.29. The predicted octanol–water partition coefficient (Wildman–Crippen LogP) is 1.96. The molecular weight excluding hydrogens is 206 g/mol. The van der Waals surface area contributed by atoms with Crippen LogP contribution in [0.15, 0.2) is 0 Å². The summed E-state index contributed by atoms with van der Waals surface area (Å²) >= 11 is 0. The molecule has 0 radical (unpaired) electrons. The van der Waals surface area contributed by atoms with Crippen LogP contribution in [0.3, 0.4) is 0 Å². The number of nitriles is 1. The van der Waals surface area contributed by atoms with E-state index in [1.165, 1.54) is 0 Å². The third-order valence-electron chi connectivity index (χ3n) is 2.87. The molecule has 1 rings (SSSR count). The smallest absolute Gasteiger partial charge is 0.319 e. The molecule has 0 aromatic carbocycles. The van der Waals surface area contributed by atoms with E-state index < -0.39 is 0 Å². The molecule has 0 bridgehead atoms. The van der Waals surface area contributed by atoms with E-state index in [2.05, 4.69) is 6.07 Å².